The van der Waals surface area contributed by atoms with E-state index in [0.717, 1.165) is 83.5 Å². The number of hydrogen-bond donors (Lipinski definition) is 2. The summed E-state index contributed by atoms with van der Waals surface area (Å²) >= 11 is 0. The van der Waals surface area contributed by atoms with Crippen molar-refractivity contribution in [2.45, 2.75) is 220 Å². The van der Waals surface area contributed by atoms with E-state index in [0.29, 0.717) is 32.0 Å². The molecule has 0 aromatic heterocycles. The second-order valence-corrected chi connectivity index (χ2v) is 20.1. The number of amides is 4. The third-order valence-corrected chi connectivity index (χ3v) is 13.9. The number of barbiturate groups is 1. The zero-order valence-electron chi connectivity index (χ0n) is 44.8. The second kappa shape index (κ2) is 35.0. The van der Waals surface area contributed by atoms with Crippen LogP contribution in [0.1, 0.15) is 219 Å². The summed E-state index contributed by atoms with van der Waals surface area (Å²) in [4.78, 5) is 38.2. The molecule has 10 nitrogen and oxygen atoms in total. The molecule has 0 unspecified atom stereocenters. The summed E-state index contributed by atoms with van der Waals surface area (Å²) in [5.41, 5.74) is 2.20. The number of carbonyl (C=O) groups is 3. The van der Waals surface area contributed by atoms with E-state index in [1.165, 1.54) is 154 Å². The smallest absolute Gasteiger partial charge is 0.328 e. The topological polar surface area (TPSA) is 115 Å². The molecule has 2 N–H and O–H groups in total. The molecule has 2 aliphatic rings. The fourth-order valence-electron chi connectivity index (χ4n) is 9.50. The number of nitrogens with one attached hydrogen (secondary N) is 2. The first kappa shape index (κ1) is 57.6. The van der Waals surface area contributed by atoms with Crippen molar-refractivity contribution in [2.24, 2.45) is 0 Å². The number of ether oxygens (including phenoxy) is 4. The molecule has 5 rings (SSSR count). The molecule has 396 valence electrons. The predicted octanol–water partition coefficient (Wildman–Crippen LogP) is 16.8. The van der Waals surface area contributed by atoms with Gasteiger partial charge in [-0.1, -0.05) is 206 Å². The largest absolute Gasteiger partial charge is 0.490 e. The molecule has 0 bridgehead atoms. The monoisotopic (exact) mass is 990 g/mol. The van der Waals surface area contributed by atoms with Crippen molar-refractivity contribution in [1.29, 1.82) is 0 Å². The number of fused-ring (bicyclic) bond motifs is 1. The maximum atomic E-state index is 12.4. The first-order chi connectivity index (χ1) is 35.4. The van der Waals surface area contributed by atoms with Crippen LogP contribution >= 0.6 is 0 Å². The van der Waals surface area contributed by atoms with Gasteiger partial charge in [-0.3, -0.25) is 20.2 Å². The quantitative estimate of drug-likeness (QED) is 0.0329. The predicted molar refractivity (Wildman–Crippen MR) is 296 cm³/mol. The van der Waals surface area contributed by atoms with Crippen molar-refractivity contribution in [2.75, 3.05) is 24.7 Å². The van der Waals surface area contributed by atoms with Crippen LogP contribution in [0.2, 0.25) is 0 Å². The average molecular weight is 990 g/mol. The van der Waals surface area contributed by atoms with Crippen LogP contribution < -0.4 is 34.5 Å². The lowest BCUT2D eigenvalue weighted by Gasteiger charge is -2.22. The number of anilines is 1. The van der Waals surface area contributed by atoms with Crippen LogP contribution in [0.3, 0.4) is 0 Å². The summed E-state index contributed by atoms with van der Waals surface area (Å²) in [7, 11) is 0. The molecule has 0 aliphatic carbocycles. The first-order valence-corrected chi connectivity index (χ1v) is 28.7. The summed E-state index contributed by atoms with van der Waals surface area (Å²) in [6.07, 6.45) is 45.2. The molecule has 0 atom stereocenters. The van der Waals surface area contributed by atoms with E-state index in [2.05, 4.69) is 67.8 Å². The van der Waals surface area contributed by atoms with Gasteiger partial charge in [-0.25, -0.2) is 4.79 Å². The standard InChI is InChI=1S/C62H91N3O7/c1-4-7-10-13-16-19-22-25-28-31-42-69-56-45-50(46-57(70-43-32-29-26-23-20-17-14-11-8-5-2)59(56)71-44-33-30-27-24-21-18-15-12-9-6-3)49-72-55-37-35-52-47-54(36-34-53(52)48-55)65-40-38-51(39-41-65)58-60(66)63-62(68)64-61(58)67/h34-41,45-48H,4-33,42-44,49H2,1-3H3,(H2,63,64,66,67,68). The maximum Gasteiger partial charge on any atom is 0.328 e. The summed E-state index contributed by atoms with van der Waals surface area (Å²) in [6.45, 7) is 9.09. The highest BCUT2D eigenvalue weighted by molar-refractivity contribution is 6.29. The van der Waals surface area contributed by atoms with Crippen LogP contribution in [0, 0.1) is 0 Å². The number of allylic oxidation sites excluding steroid dienone is 3. The van der Waals surface area contributed by atoms with Gasteiger partial charge in [0.15, 0.2) is 11.5 Å². The van der Waals surface area contributed by atoms with Crippen molar-refractivity contribution in [3.05, 3.63) is 89.8 Å². The Kier molecular flexibility index (Phi) is 28.0. The van der Waals surface area contributed by atoms with Gasteiger partial charge in [0.25, 0.3) is 11.8 Å². The molecule has 3 aromatic carbocycles. The highest BCUT2D eigenvalue weighted by Gasteiger charge is 2.30. The molecular weight excluding hydrogens is 899 g/mol. The number of unbranched alkanes of at least 4 members (excludes halogenated alkanes) is 27. The number of nitrogens with zero attached hydrogens (tertiary/aromatic N) is 1. The lowest BCUT2D eigenvalue weighted by molar-refractivity contribution is -0.124. The third-order valence-electron chi connectivity index (χ3n) is 13.9. The number of hydrogen-bond acceptors (Lipinski definition) is 8. The van der Waals surface area contributed by atoms with Crippen molar-refractivity contribution < 1.29 is 33.3 Å². The van der Waals surface area contributed by atoms with E-state index in [-0.39, 0.29) is 5.57 Å². The number of benzene rings is 3. The molecule has 1 saturated heterocycles. The van der Waals surface area contributed by atoms with Gasteiger partial charge in [0.05, 0.1) is 19.8 Å². The van der Waals surface area contributed by atoms with Gasteiger partial charge in [-0.05, 0) is 89.7 Å². The Labute approximate surface area is 434 Å². The Morgan fingerprint density at radius 1 is 0.431 bits per heavy atom. The van der Waals surface area contributed by atoms with Crippen molar-refractivity contribution in [1.82, 2.24) is 10.6 Å². The molecule has 0 saturated carbocycles. The molecule has 0 spiro atoms. The van der Waals surface area contributed by atoms with Crippen molar-refractivity contribution in [3.63, 3.8) is 0 Å². The van der Waals surface area contributed by atoms with E-state index in [1.807, 2.05) is 17.0 Å². The van der Waals surface area contributed by atoms with Crippen LogP contribution in [0.15, 0.2) is 84.2 Å². The van der Waals surface area contributed by atoms with Crippen molar-refractivity contribution >= 4 is 34.3 Å². The second-order valence-electron chi connectivity index (χ2n) is 20.1. The Morgan fingerprint density at radius 3 is 1.29 bits per heavy atom. The van der Waals surface area contributed by atoms with Gasteiger partial charge >= 0.3 is 6.03 Å². The molecular formula is C62H91N3O7. The fraction of sp³-hybridized carbons (Fsp3) is 0.597. The van der Waals surface area contributed by atoms with Gasteiger partial charge < -0.3 is 23.8 Å². The van der Waals surface area contributed by atoms with Gasteiger partial charge in [-0.15, -0.1) is 0 Å². The highest BCUT2D eigenvalue weighted by Crippen LogP contribution is 2.40. The zero-order chi connectivity index (χ0) is 50.9. The van der Waals surface area contributed by atoms with Crippen LogP contribution in [0.5, 0.6) is 23.0 Å². The van der Waals surface area contributed by atoms with Gasteiger partial charge in [0, 0.05) is 18.1 Å². The Bertz CT molecular complexity index is 2080. The molecule has 1 fully saturated rings. The minimum absolute atomic E-state index is 0.0992. The Morgan fingerprint density at radius 2 is 0.833 bits per heavy atom. The number of rotatable bonds is 40. The van der Waals surface area contributed by atoms with Gasteiger partial charge in [0.1, 0.15) is 17.9 Å². The van der Waals surface area contributed by atoms with Crippen molar-refractivity contribution in [3.8, 4) is 23.0 Å². The normalized spacial score (nSPS) is 13.5. The van der Waals surface area contributed by atoms with E-state index in [9.17, 15) is 14.4 Å². The van der Waals surface area contributed by atoms with E-state index >= 15 is 0 Å². The lowest BCUT2D eigenvalue weighted by atomic mass is 10.0. The molecule has 2 aliphatic heterocycles. The van der Waals surface area contributed by atoms with Gasteiger partial charge in [-0.2, -0.15) is 0 Å². The third kappa shape index (κ3) is 21.5. The maximum absolute atomic E-state index is 12.4. The van der Waals surface area contributed by atoms with E-state index in [1.54, 1.807) is 24.6 Å². The number of urea groups is 1. The van der Waals surface area contributed by atoms with Gasteiger partial charge in [0.2, 0.25) is 5.75 Å². The SMILES string of the molecule is CCCCCCCCCCCCOc1cc(COc2ccc3cc(N4C=CC(=C5C(=O)NC(=O)NC5=O)C=C4)ccc3c2)cc(OCCCCCCCCCCCC)c1OCCCCCCCCCCCC. The zero-order valence-corrected chi connectivity index (χ0v) is 44.8. The number of imide groups is 2. The summed E-state index contributed by atoms with van der Waals surface area (Å²) in [5, 5.41) is 6.33. The minimum atomic E-state index is -0.819. The van der Waals surface area contributed by atoms with Crippen LogP contribution in [0.25, 0.3) is 10.8 Å². The first-order valence-electron chi connectivity index (χ1n) is 28.7. The molecule has 3 aromatic rings. The molecule has 0 radical (unpaired) electrons. The molecule has 2 heterocycles. The lowest BCUT2D eigenvalue weighted by Crippen LogP contribution is -2.51. The average Bonchev–Trinajstić information content (AvgIpc) is 3.38. The van der Waals surface area contributed by atoms with E-state index < -0.39 is 17.8 Å². The summed E-state index contributed by atoms with van der Waals surface area (Å²) < 4.78 is 26.5. The Balaban J connectivity index is 1.23. The number of carbonyl (C=O) groups excluding carboxylic acids is 3. The van der Waals surface area contributed by atoms with Crippen LogP contribution in [-0.2, 0) is 16.2 Å². The molecule has 10 heteroatoms. The summed E-state index contributed by atoms with van der Waals surface area (Å²) in [5.74, 6) is 1.54. The summed E-state index contributed by atoms with van der Waals surface area (Å²) in [6, 6.07) is 15.6. The fourth-order valence-corrected chi connectivity index (χ4v) is 9.50. The molecule has 72 heavy (non-hydrogen) atoms. The minimum Gasteiger partial charge on any atom is -0.490 e. The highest BCUT2D eigenvalue weighted by atomic mass is 16.5. The van der Waals surface area contributed by atoms with Crippen LogP contribution in [0.4, 0.5) is 10.5 Å². The van der Waals surface area contributed by atoms with Crippen LogP contribution in [-0.4, -0.2) is 37.7 Å². The molecule has 4 amide bonds. The Hall–Kier alpha value is -5.25. The van der Waals surface area contributed by atoms with E-state index in [4.69, 9.17) is 18.9 Å².